The molecule has 0 radical (unpaired) electrons. The van der Waals surface area contributed by atoms with Gasteiger partial charge in [0.25, 0.3) is 0 Å². The number of aliphatic hydroxyl groups excluding tert-OH is 1. The van der Waals surface area contributed by atoms with Gasteiger partial charge in [0.2, 0.25) is 0 Å². The first-order valence-electron chi connectivity index (χ1n) is 4.48. The predicted octanol–water partition coefficient (Wildman–Crippen LogP) is 1.33. The molecule has 1 aromatic heterocycles. The summed E-state index contributed by atoms with van der Waals surface area (Å²) in [4.78, 5) is 4.06. The van der Waals surface area contributed by atoms with Gasteiger partial charge in [-0.15, -0.1) is 0 Å². The zero-order valence-corrected chi connectivity index (χ0v) is 7.60. The monoisotopic (exact) mass is 179 g/mol. The van der Waals surface area contributed by atoms with Gasteiger partial charge in [0.05, 0.1) is 19.4 Å². The number of pyridine rings is 1. The third kappa shape index (κ3) is 1.52. The highest BCUT2D eigenvalue weighted by Crippen LogP contribution is 2.37. The lowest BCUT2D eigenvalue weighted by Gasteiger charge is -2.32. The van der Waals surface area contributed by atoms with Crippen molar-refractivity contribution in [1.82, 2.24) is 4.98 Å². The quantitative estimate of drug-likeness (QED) is 0.744. The molecule has 3 heteroatoms. The molecule has 1 aliphatic rings. The van der Waals surface area contributed by atoms with E-state index in [1.54, 1.807) is 19.5 Å². The molecule has 70 valence electrons. The highest BCUT2D eigenvalue weighted by molar-refractivity contribution is 5.28. The average Bonchev–Trinajstić information content (AvgIpc) is 2.16. The summed E-state index contributed by atoms with van der Waals surface area (Å²) in [7, 11) is 1.62. The van der Waals surface area contributed by atoms with Gasteiger partial charge < -0.3 is 9.84 Å². The fraction of sp³-hybridized carbons (Fsp3) is 0.500. The molecule has 0 saturated heterocycles. The smallest absolute Gasteiger partial charge is 0.137 e. The Kier molecular flexibility index (Phi) is 2.19. The zero-order valence-electron chi connectivity index (χ0n) is 7.60. The van der Waals surface area contributed by atoms with E-state index < -0.39 is 0 Å². The molecule has 3 nitrogen and oxygen atoms in total. The molecule has 0 aromatic carbocycles. The van der Waals surface area contributed by atoms with Gasteiger partial charge in [-0.1, -0.05) is 0 Å². The average molecular weight is 179 g/mol. The maximum absolute atomic E-state index is 9.46. The van der Waals surface area contributed by atoms with Gasteiger partial charge in [0.15, 0.2) is 0 Å². The Morgan fingerprint density at radius 1 is 1.46 bits per heavy atom. The number of hydrogen-bond donors (Lipinski definition) is 1. The first-order valence-corrected chi connectivity index (χ1v) is 4.48. The van der Waals surface area contributed by atoms with Gasteiger partial charge in [-0.2, -0.15) is 0 Å². The van der Waals surface area contributed by atoms with E-state index in [1.165, 1.54) is 0 Å². The lowest BCUT2D eigenvalue weighted by molar-refractivity contribution is 0.0659. The summed E-state index contributed by atoms with van der Waals surface area (Å²) in [6.45, 7) is 0. The maximum atomic E-state index is 9.46. The van der Waals surface area contributed by atoms with Crippen LogP contribution in [0, 0.1) is 0 Å². The van der Waals surface area contributed by atoms with Crippen molar-refractivity contribution in [2.45, 2.75) is 24.9 Å². The molecule has 1 heterocycles. The van der Waals surface area contributed by atoms with Gasteiger partial charge in [0.1, 0.15) is 5.75 Å². The fourth-order valence-electron chi connectivity index (χ4n) is 1.62. The zero-order chi connectivity index (χ0) is 9.26. The first kappa shape index (κ1) is 8.51. The number of nitrogens with zero attached hydrogens (tertiary/aromatic N) is 1. The van der Waals surface area contributed by atoms with E-state index in [-0.39, 0.29) is 12.0 Å². The Balaban J connectivity index is 2.20. The van der Waals surface area contributed by atoms with Crippen molar-refractivity contribution in [2.24, 2.45) is 0 Å². The second-order valence-corrected chi connectivity index (χ2v) is 3.41. The molecule has 1 fully saturated rings. The van der Waals surface area contributed by atoms with E-state index >= 15 is 0 Å². The largest absolute Gasteiger partial charge is 0.495 e. The van der Waals surface area contributed by atoms with Crippen LogP contribution in [-0.2, 0) is 0 Å². The molecule has 2 unspecified atom stereocenters. The number of ether oxygens (including phenoxy) is 1. The standard InChI is InChI=1S/C10H13NO2/c1-13-8-4-7(5-11-6-8)9-2-3-10(9)12/h4-6,9-10,12H,2-3H2,1H3. The number of aliphatic hydroxyl groups is 1. The summed E-state index contributed by atoms with van der Waals surface area (Å²) < 4.78 is 5.06. The fourth-order valence-corrected chi connectivity index (χ4v) is 1.62. The molecule has 0 spiro atoms. The van der Waals surface area contributed by atoms with Crippen molar-refractivity contribution in [3.8, 4) is 5.75 Å². The maximum Gasteiger partial charge on any atom is 0.137 e. The van der Waals surface area contributed by atoms with Crippen LogP contribution in [0.3, 0.4) is 0 Å². The van der Waals surface area contributed by atoms with Crippen LogP contribution in [0.25, 0.3) is 0 Å². The lowest BCUT2D eigenvalue weighted by atomic mass is 9.78. The molecule has 2 atom stereocenters. The molecule has 0 aliphatic heterocycles. The topological polar surface area (TPSA) is 42.4 Å². The molecule has 2 rings (SSSR count). The molecule has 13 heavy (non-hydrogen) atoms. The van der Waals surface area contributed by atoms with Crippen molar-refractivity contribution in [3.05, 3.63) is 24.0 Å². The summed E-state index contributed by atoms with van der Waals surface area (Å²) in [6, 6.07) is 1.94. The molecular formula is C10H13NO2. The van der Waals surface area contributed by atoms with Crippen molar-refractivity contribution < 1.29 is 9.84 Å². The molecule has 0 amide bonds. The normalized spacial score (nSPS) is 26.6. The minimum absolute atomic E-state index is 0.186. The van der Waals surface area contributed by atoms with Crippen LogP contribution in [0.5, 0.6) is 5.75 Å². The SMILES string of the molecule is COc1cncc(C2CCC2O)c1. The first-order chi connectivity index (χ1) is 6.31. The Morgan fingerprint density at radius 2 is 2.31 bits per heavy atom. The van der Waals surface area contributed by atoms with Crippen LogP contribution in [0.4, 0.5) is 0 Å². The van der Waals surface area contributed by atoms with Crippen LogP contribution in [0.1, 0.15) is 24.3 Å². The molecule has 1 N–H and O–H groups in total. The van der Waals surface area contributed by atoms with Crippen LogP contribution in [0.2, 0.25) is 0 Å². The van der Waals surface area contributed by atoms with Crippen molar-refractivity contribution in [3.63, 3.8) is 0 Å². The summed E-state index contributed by atoms with van der Waals surface area (Å²) in [6.07, 6.45) is 5.25. The Morgan fingerprint density at radius 3 is 2.85 bits per heavy atom. The lowest BCUT2D eigenvalue weighted by Crippen LogP contribution is -2.28. The Hall–Kier alpha value is -1.09. The van der Waals surface area contributed by atoms with Crippen LogP contribution in [-0.4, -0.2) is 23.3 Å². The second kappa shape index (κ2) is 3.34. The Labute approximate surface area is 77.4 Å². The van der Waals surface area contributed by atoms with Crippen LogP contribution in [0.15, 0.2) is 18.5 Å². The van der Waals surface area contributed by atoms with Crippen LogP contribution >= 0.6 is 0 Å². The summed E-state index contributed by atoms with van der Waals surface area (Å²) in [5.41, 5.74) is 1.08. The third-order valence-electron chi connectivity index (χ3n) is 2.64. The van der Waals surface area contributed by atoms with E-state index in [2.05, 4.69) is 4.98 Å². The highest BCUT2D eigenvalue weighted by Gasteiger charge is 2.30. The molecule has 1 aliphatic carbocycles. The summed E-state index contributed by atoms with van der Waals surface area (Å²) in [5, 5.41) is 9.46. The minimum atomic E-state index is -0.186. The predicted molar refractivity (Wildman–Crippen MR) is 48.8 cm³/mol. The molecular weight excluding hydrogens is 166 g/mol. The summed E-state index contributed by atoms with van der Waals surface area (Å²) in [5.74, 6) is 1.03. The molecule has 1 aromatic rings. The van der Waals surface area contributed by atoms with Gasteiger partial charge in [0, 0.05) is 12.1 Å². The summed E-state index contributed by atoms with van der Waals surface area (Å²) >= 11 is 0. The Bertz CT molecular complexity index is 301. The van der Waals surface area contributed by atoms with Gasteiger partial charge in [-0.05, 0) is 24.5 Å². The van der Waals surface area contributed by atoms with Crippen LogP contribution < -0.4 is 4.74 Å². The number of methoxy groups -OCH3 is 1. The minimum Gasteiger partial charge on any atom is -0.495 e. The van der Waals surface area contributed by atoms with E-state index in [0.717, 1.165) is 24.2 Å². The molecule has 0 bridgehead atoms. The molecule has 1 saturated carbocycles. The van der Waals surface area contributed by atoms with Crippen molar-refractivity contribution >= 4 is 0 Å². The van der Waals surface area contributed by atoms with E-state index in [4.69, 9.17) is 4.74 Å². The van der Waals surface area contributed by atoms with E-state index in [9.17, 15) is 5.11 Å². The van der Waals surface area contributed by atoms with Gasteiger partial charge in [-0.25, -0.2) is 0 Å². The van der Waals surface area contributed by atoms with Gasteiger partial charge >= 0.3 is 0 Å². The third-order valence-corrected chi connectivity index (χ3v) is 2.64. The number of hydrogen-bond acceptors (Lipinski definition) is 3. The van der Waals surface area contributed by atoms with Crippen molar-refractivity contribution in [1.29, 1.82) is 0 Å². The second-order valence-electron chi connectivity index (χ2n) is 3.41. The van der Waals surface area contributed by atoms with Gasteiger partial charge in [-0.3, -0.25) is 4.98 Å². The van der Waals surface area contributed by atoms with E-state index in [0.29, 0.717) is 0 Å². The highest BCUT2D eigenvalue weighted by atomic mass is 16.5. The number of aromatic nitrogens is 1. The van der Waals surface area contributed by atoms with Crippen molar-refractivity contribution in [2.75, 3.05) is 7.11 Å². The van der Waals surface area contributed by atoms with E-state index in [1.807, 2.05) is 6.07 Å². The number of rotatable bonds is 2.